The Kier molecular flexibility index (Phi) is 6.11. The van der Waals surface area contributed by atoms with Crippen LogP contribution in [0.25, 0.3) is 0 Å². The molecule has 0 radical (unpaired) electrons. The molecule has 0 heterocycles. The topological polar surface area (TPSA) is 38.3 Å². The zero-order valence-electron chi connectivity index (χ0n) is 14.0. The minimum Gasteiger partial charge on any atom is -0.497 e. The van der Waals surface area contributed by atoms with Crippen LogP contribution < -0.4 is 10.1 Å². The van der Waals surface area contributed by atoms with Gasteiger partial charge < -0.3 is 10.1 Å². The second-order valence-electron chi connectivity index (χ2n) is 5.58. The van der Waals surface area contributed by atoms with E-state index >= 15 is 0 Å². The van der Waals surface area contributed by atoms with E-state index < -0.39 is 0 Å². The Labute approximate surface area is 142 Å². The standard InChI is InChI=1S/C19H23NO2S/c1-13-5-11-18(12-6-13)23-15(3)19(21)20-14(2)16-7-9-17(22-4)10-8-16/h5-12,14-15H,1-4H3,(H,20,21)/t14-,15+/m1/s1. The lowest BCUT2D eigenvalue weighted by Gasteiger charge is -2.18. The van der Waals surface area contributed by atoms with E-state index in [0.717, 1.165) is 16.2 Å². The number of carbonyl (C=O) groups is 1. The van der Waals surface area contributed by atoms with E-state index in [9.17, 15) is 4.79 Å². The van der Waals surface area contributed by atoms with E-state index in [1.54, 1.807) is 18.9 Å². The molecule has 0 spiro atoms. The first kappa shape index (κ1) is 17.4. The summed E-state index contributed by atoms with van der Waals surface area (Å²) in [6.07, 6.45) is 0. The molecular weight excluding hydrogens is 306 g/mol. The third kappa shape index (κ3) is 5.03. The van der Waals surface area contributed by atoms with Crippen molar-refractivity contribution in [3.05, 3.63) is 59.7 Å². The summed E-state index contributed by atoms with van der Waals surface area (Å²) in [6.45, 7) is 5.98. The summed E-state index contributed by atoms with van der Waals surface area (Å²) in [4.78, 5) is 13.5. The van der Waals surface area contributed by atoms with Crippen molar-refractivity contribution in [1.29, 1.82) is 0 Å². The monoisotopic (exact) mass is 329 g/mol. The Hall–Kier alpha value is -1.94. The van der Waals surface area contributed by atoms with Crippen LogP contribution in [0.5, 0.6) is 5.75 Å². The lowest BCUT2D eigenvalue weighted by Crippen LogP contribution is -2.33. The number of carbonyl (C=O) groups excluding carboxylic acids is 1. The van der Waals surface area contributed by atoms with Crippen molar-refractivity contribution in [2.24, 2.45) is 0 Å². The van der Waals surface area contributed by atoms with Gasteiger partial charge in [-0.05, 0) is 50.6 Å². The first-order valence-electron chi connectivity index (χ1n) is 7.67. The minimum atomic E-state index is -0.140. The van der Waals surface area contributed by atoms with Crippen molar-refractivity contribution in [3.63, 3.8) is 0 Å². The maximum absolute atomic E-state index is 12.4. The summed E-state index contributed by atoms with van der Waals surface area (Å²) in [6, 6.07) is 16.0. The highest BCUT2D eigenvalue weighted by Gasteiger charge is 2.17. The van der Waals surface area contributed by atoms with E-state index in [1.165, 1.54) is 5.56 Å². The molecule has 1 N–H and O–H groups in total. The largest absolute Gasteiger partial charge is 0.497 e. The predicted octanol–water partition coefficient (Wildman–Crippen LogP) is 4.36. The van der Waals surface area contributed by atoms with Gasteiger partial charge in [-0.15, -0.1) is 11.8 Å². The van der Waals surface area contributed by atoms with E-state index in [2.05, 4.69) is 36.5 Å². The van der Waals surface area contributed by atoms with Gasteiger partial charge in [-0.1, -0.05) is 29.8 Å². The molecule has 0 aromatic heterocycles. The minimum absolute atomic E-state index is 0.0329. The number of nitrogens with one attached hydrogen (secondary N) is 1. The molecule has 0 unspecified atom stereocenters. The maximum Gasteiger partial charge on any atom is 0.233 e. The van der Waals surface area contributed by atoms with E-state index in [-0.39, 0.29) is 17.2 Å². The Bertz CT molecular complexity index is 637. The highest BCUT2D eigenvalue weighted by Crippen LogP contribution is 2.24. The molecule has 3 nitrogen and oxygen atoms in total. The van der Waals surface area contributed by atoms with Gasteiger partial charge in [0, 0.05) is 4.90 Å². The van der Waals surface area contributed by atoms with Crippen LogP contribution in [0.3, 0.4) is 0 Å². The summed E-state index contributed by atoms with van der Waals surface area (Å²) in [5.41, 5.74) is 2.28. The van der Waals surface area contributed by atoms with E-state index in [1.807, 2.05) is 38.1 Å². The zero-order valence-corrected chi connectivity index (χ0v) is 14.8. The maximum atomic E-state index is 12.4. The first-order valence-corrected chi connectivity index (χ1v) is 8.55. The lowest BCUT2D eigenvalue weighted by molar-refractivity contribution is -0.120. The second kappa shape index (κ2) is 8.06. The predicted molar refractivity (Wildman–Crippen MR) is 96.0 cm³/mol. The van der Waals surface area contributed by atoms with Crippen molar-refractivity contribution in [3.8, 4) is 5.75 Å². The number of ether oxygens (including phenoxy) is 1. The highest BCUT2D eigenvalue weighted by atomic mass is 32.2. The molecule has 2 atom stereocenters. The summed E-state index contributed by atoms with van der Waals surface area (Å²) in [5.74, 6) is 0.856. The van der Waals surface area contributed by atoms with Gasteiger partial charge in [0.1, 0.15) is 5.75 Å². The van der Waals surface area contributed by atoms with Crippen molar-refractivity contribution < 1.29 is 9.53 Å². The number of amides is 1. The Morgan fingerprint density at radius 2 is 1.65 bits per heavy atom. The molecular formula is C19H23NO2S. The molecule has 1 amide bonds. The number of hydrogen-bond acceptors (Lipinski definition) is 3. The summed E-state index contributed by atoms with van der Waals surface area (Å²) in [5, 5.41) is 2.92. The molecule has 0 aliphatic carbocycles. The molecule has 23 heavy (non-hydrogen) atoms. The molecule has 0 saturated carbocycles. The molecule has 122 valence electrons. The second-order valence-corrected chi connectivity index (χ2v) is 6.99. The SMILES string of the molecule is COc1ccc([C@@H](C)NC(=O)[C@H](C)Sc2ccc(C)cc2)cc1. The average Bonchev–Trinajstić information content (AvgIpc) is 2.56. The zero-order chi connectivity index (χ0) is 16.8. The van der Waals surface area contributed by atoms with Crippen LogP contribution in [-0.2, 0) is 4.79 Å². The lowest BCUT2D eigenvalue weighted by atomic mass is 10.1. The Morgan fingerprint density at radius 1 is 1.04 bits per heavy atom. The van der Waals surface area contributed by atoms with Gasteiger partial charge in [-0.2, -0.15) is 0 Å². The number of hydrogen-bond donors (Lipinski definition) is 1. The van der Waals surface area contributed by atoms with Crippen LogP contribution in [0.1, 0.15) is 31.0 Å². The number of rotatable bonds is 6. The molecule has 2 aromatic carbocycles. The van der Waals surface area contributed by atoms with Crippen molar-refractivity contribution in [2.45, 2.75) is 37.0 Å². The van der Waals surface area contributed by atoms with Gasteiger partial charge in [0.2, 0.25) is 5.91 Å². The van der Waals surface area contributed by atoms with Gasteiger partial charge in [0.05, 0.1) is 18.4 Å². The number of aryl methyl sites for hydroxylation is 1. The summed E-state index contributed by atoms with van der Waals surface area (Å²) < 4.78 is 5.15. The molecule has 0 fully saturated rings. The van der Waals surface area contributed by atoms with E-state index in [4.69, 9.17) is 4.74 Å². The first-order chi connectivity index (χ1) is 11.0. The van der Waals surface area contributed by atoms with Gasteiger partial charge in [0.15, 0.2) is 0 Å². The van der Waals surface area contributed by atoms with Gasteiger partial charge >= 0.3 is 0 Å². The van der Waals surface area contributed by atoms with Crippen LogP contribution in [0.4, 0.5) is 0 Å². The Morgan fingerprint density at radius 3 is 2.22 bits per heavy atom. The number of methoxy groups -OCH3 is 1. The van der Waals surface area contributed by atoms with Gasteiger partial charge in [-0.25, -0.2) is 0 Å². The van der Waals surface area contributed by atoms with Crippen LogP contribution in [0.2, 0.25) is 0 Å². The summed E-state index contributed by atoms with van der Waals surface area (Å²) >= 11 is 1.57. The van der Waals surface area contributed by atoms with Crippen LogP contribution >= 0.6 is 11.8 Å². The molecule has 2 rings (SSSR count). The fourth-order valence-electron chi connectivity index (χ4n) is 2.18. The fraction of sp³-hybridized carbons (Fsp3) is 0.316. The third-order valence-corrected chi connectivity index (χ3v) is 4.79. The average molecular weight is 329 g/mol. The molecule has 4 heteroatoms. The van der Waals surface area contributed by atoms with Gasteiger partial charge in [-0.3, -0.25) is 4.79 Å². The molecule has 2 aromatic rings. The van der Waals surface area contributed by atoms with Crippen LogP contribution in [-0.4, -0.2) is 18.3 Å². The molecule has 0 aliphatic rings. The van der Waals surface area contributed by atoms with E-state index in [0.29, 0.717) is 0 Å². The smallest absolute Gasteiger partial charge is 0.233 e. The molecule has 0 aliphatic heterocycles. The fourth-order valence-corrected chi connectivity index (χ4v) is 3.06. The highest BCUT2D eigenvalue weighted by molar-refractivity contribution is 8.00. The Balaban J connectivity index is 1.92. The van der Waals surface area contributed by atoms with Crippen molar-refractivity contribution in [2.75, 3.05) is 7.11 Å². The van der Waals surface area contributed by atoms with Crippen LogP contribution in [0, 0.1) is 6.92 Å². The quantitative estimate of drug-likeness (QED) is 0.800. The molecule has 0 bridgehead atoms. The van der Waals surface area contributed by atoms with Gasteiger partial charge in [0.25, 0.3) is 0 Å². The number of thioether (sulfide) groups is 1. The third-order valence-electron chi connectivity index (χ3n) is 3.68. The van der Waals surface area contributed by atoms with Crippen LogP contribution in [0.15, 0.2) is 53.4 Å². The number of benzene rings is 2. The van der Waals surface area contributed by atoms with Crippen molar-refractivity contribution in [1.82, 2.24) is 5.32 Å². The molecule has 0 saturated heterocycles. The normalized spacial score (nSPS) is 13.2. The van der Waals surface area contributed by atoms with Crippen molar-refractivity contribution >= 4 is 17.7 Å². The summed E-state index contributed by atoms with van der Waals surface area (Å²) in [7, 11) is 1.64.